The molecule has 1 saturated heterocycles. The summed E-state index contributed by atoms with van der Waals surface area (Å²) in [6, 6.07) is 8.58. The van der Waals surface area contributed by atoms with Gasteiger partial charge >= 0.3 is 5.97 Å². The first-order chi connectivity index (χ1) is 16.5. The van der Waals surface area contributed by atoms with Crippen LogP contribution in [0.5, 0.6) is 0 Å². The molecule has 1 aliphatic carbocycles. The molecule has 2 aliphatic heterocycles. The summed E-state index contributed by atoms with van der Waals surface area (Å²) in [6.07, 6.45) is 2.58. The minimum absolute atomic E-state index is 0.0421. The van der Waals surface area contributed by atoms with Crippen LogP contribution in [0, 0.1) is 17.8 Å². The molecule has 5 rings (SSSR count). The smallest absolute Gasteiger partial charge is 0.325 e. The summed E-state index contributed by atoms with van der Waals surface area (Å²) < 4.78 is 4.50. The highest BCUT2D eigenvalue weighted by Crippen LogP contribution is 2.49. The maximum atomic E-state index is 13.1. The highest BCUT2D eigenvalue weighted by atomic mass is 16.5. The van der Waals surface area contributed by atoms with Crippen LogP contribution in [0.15, 0.2) is 24.3 Å². The minimum Gasteiger partial charge on any atom is -0.468 e. The van der Waals surface area contributed by atoms with Crippen LogP contribution in [0.4, 0.5) is 0 Å². The number of fused-ring (bicyclic) bond motifs is 6. The van der Waals surface area contributed by atoms with E-state index in [1.165, 1.54) is 23.8 Å². The van der Waals surface area contributed by atoms with E-state index >= 15 is 0 Å². The molecular formula is C25H32N4O5. The lowest BCUT2D eigenvalue weighted by atomic mass is 9.64. The van der Waals surface area contributed by atoms with Crippen molar-refractivity contribution in [3.63, 3.8) is 0 Å². The second-order valence-corrected chi connectivity index (χ2v) is 9.72. The third kappa shape index (κ3) is 4.18. The molecule has 3 aliphatic rings. The second-order valence-electron chi connectivity index (χ2n) is 9.72. The molecule has 0 spiro atoms. The minimum atomic E-state index is -0.725. The first-order valence-electron chi connectivity index (χ1n) is 12.1. The largest absolute Gasteiger partial charge is 0.468 e. The number of H-pyrrole nitrogens is 1. The molecule has 182 valence electrons. The van der Waals surface area contributed by atoms with E-state index < -0.39 is 23.9 Å². The standard InChI is InChI=1S/C25H32N4O5/c1-34-22(32)12-26-21(31)11-27-25(33)23-17-10-19-24-16(15-4-2-3-5-18(15)28-24)8-9-29(19)13-14(17)6-7-20(23)30/h2-5,14,17,19-20,23,28,30H,6-13H2,1H3,(H,26,31)(H,27,33)/t14-,17?,19-,20-,23+/m0/s1. The van der Waals surface area contributed by atoms with Gasteiger partial charge in [0.15, 0.2) is 0 Å². The number of hydrogen-bond donors (Lipinski definition) is 4. The van der Waals surface area contributed by atoms with Gasteiger partial charge in [0.25, 0.3) is 0 Å². The summed E-state index contributed by atoms with van der Waals surface area (Å²) in [5.41, 5.74) is 3.76. The molecule has 0 bridgehead atoms. The van der Waals surface area contributed by atoms with E-state index in [0.717, 1.165) is 37.9 Å². The second kappa shape index (κ2) is 9.38. The number of aromatic nitrogens is 1. The Bertz CT molecular complexity index is 1100. The zero-order valence-corrected chi connectivity index (χ0v) is 19.4. The predicted octanol–water partition coefficient (Wildman–Crippen LogP) is 0.880. The fraction of sp³-hybridized carbons (Fsp3) is 0.560. The molecule has 2 fully saturated rings. The van der Waals surface area contributed by atoms with E-state index in [9.17, 15) is 19.5 Å². The van der Waals surface area contributed by atoms with Crippen LogP contribution >= 0.6 is 0 Å². The van der Waals surface area contributed by atoms with Crippen molar-refractivity contribution >= 4 is 28.7 Å². The molecular weight excluding hydrogens is 436 g/mol. The van der Waals surface area contributed by atoms with E-state index in [1.807, 2.05) is 6.07 Å². The van der Waals surface area contributed by atoms with E-state index in [-0.39, 0.29) is 31.0 Å². The van der Waals surface area contributed by atoms with E-state index in [0.29, 0.717) is 12.3 Å². The van der Waals surface area contributed by atoms with Gasteiger partial charge < -0.3 is 25.5 Å². The molecule has 5 atom stereocenters. The third-order valence-corrected chi connectivity index (χ3v) is 7.93. The van der Waals surface area contributed by atoms with Gasteiger partial charge in [0.2, 0.25) is 11.8 Å². The molecule has 2 amide bonds. The molecule has 9 nitrogen and oxygen atoms in total. The van der Waals surface area contributed by atoms with Crippen LogP contribution in [0.2, 0.25) is 0 Å². The van der Waals surface area contributed by atoms with Gasteiger partial charge in [-0.3, -0.25) is 19.3 Å². The number of nitrogens with one attached hydrogen (secondary N) is 3. The first kappa shape index (κ1) is 22.9. The Kier molecular flexibility index (Phi) is 6.31. The SMILES string of the molecule is COC(=O)CNC(=O)CNC(=O)[C@@H]1C2C[C@H]3c4[nH]c5ccccc5c4CCN3C[C@@H]2CC[C@@H]1O. The van der Waals surface area contributed by atoms with Gasteiger partial charge in [-0.15, -0.1) is 0 Å². The Morgan fingerprint density at radius 3 is 2.82 bits per heavy atom. The number of esters is 1. The molecule has 34 heavy (non-hydrogen) atoms. The van der Waals surface area contributed by atoms with Gasteiger partial charge in [-0.25, -0.2) is 0 Å². The molecule has 3 heterocycles. The summed E-state index contributed by atoms with van der Waals surface area (Å²) >= 11 is 0. The number of para-hydroxylation sites is 1. The van der Waals surface area contributed by atoms with E-state index in [2.05, 4.69) is 43.5 Å². The highest BCUT2D eigenvalue weighted by molar-refractivity contribution is 5.88. The summed E-state index contributed by atoms with van der Waals surface area (Å²) in [5, 5.41) is 17.2. The summed E-state index contributed by atoms with van der Waals surface area (Å²) in [7, 11) is 1.24. The molecule has 1 aromatic carbocycles. The number of piperidine rings is 1. The Labute approximate surface area is 198 Å². The van der Waals surface area contributed by atoms with Crippen LogP contribution < -0.4 is 10.6 Å². The number of aromatic amines is 1. The number of rotatable bonds is 5. The number of aliphatic hydroxyl groups is 1. The van der Waals surface area contributed by atoms with Crippen molar-refractivity contribution in [1.29, 1.82) is 0 Å². The van der Waals surface area contributed by atoms with Crippen molar-refractivity contribution in [2.45, 2.75) is 37.8 Å². The number of methoxy groups -OCH3 is 1. The van der Waals surface area contributed by atoms with E-state index in [1.54, 1.807) is 0 Å². The highest BCUT2D eigenvalue weighted by Gasteiger charge is 2.49. The van der Waals surface area contributed by atoms with Crippen LogP contribution in [0.1, 0.15) is 36.6 Å². The molecule has 0 radical (unpaired) electrons. The Morgan fingerprint density at radius 2 is 2.00 bits per heavy atom. The molecule has 1 aromatic heterocycles. The zero-order valence-electron chi connectivity index (χ0n) is 19.4. The maximum absolute atomic E-state index is 13.1. The van der Waals surface area contributed by atoms with Gasteiger partial charge in [-0.2, -0.15) is 0 Å². The first-order valence-corrected chi connectivity index (χ1v) is 12.1. The number of nitrogens with zero attached hydrogens (tertiary/aromatic N) is 1. The molecule has 1 unspecified atom stereocenters. The number of carbonyl (C=O) groups excluding carboxylic acids is 3. The van der Waals surface area contributed by atoms with Crippen molar-refractivity contribution < 1.29 is 24.2 Å². The lowest BCUT2D eigenvalue weighted by Crippen LogP contribution is -2.55. The predicted molar refractivity (Wildman–Crippen MR) is 125 cm³/mol. The fourth-order valence-electron chi connectivity index (χ4n) is 6.30. The number of hydrogen-bond acceptors (Lipinski definition) is 6. The lowest BCUT2D eigenvalue weighted by Gasteiger charge is -2.51. The van der Waals surface area contributed by atoms with Crippen LogP contribution in [-0.4, -0.2) is 72.2 Å². The Hall–Kier alpha value is -2.91. The average Bonchev–Trinajstić information content (AvgIpc) is 3.24. The van der Waals surface area contributed by atoms with Gasteiger partial charge in [0.1, 0.15) is 6.54 Å². The monoisotopic (exact) mass is 468 g/mol. The maximum Gasteiger partial charge on any atom is 0.325 e. The average molecular weight is 469 g/mol. The summed E-state index contributed by atoms with van der Waals surface area (Å²) in [5.74, 6) is -1.48. The Balaban J connectivity index is 1.31. The van der Waals surface area contributed by atoms with Gasteiger partial charge in [0.05, 0.1) is 31.7 Å². The van der Waals surface area contributed by atoms with Crippen LogP contribution in [0.25, 0.3) is 10.9 Å². The number of benzene rings is 1. The van der Waals surface area contributed by atoms with Gasteiger partial charge in [-0.05, 0) is 49.1 Å². The number of carbonyl (C=O) groups is 3. The van der Waals surface area contributed by atoms with Crippen LogP contribution in [-0.2, 0) is 25.5 Å². The topological polar surface area (TPSA) is 124 Å². The Morgan fingerprint density at radius 1 is 1.18 bits per heavy atom. The van der Waals surface area contributed by atoms with Crippen molar-refractivity contribution in [1.82, 2.24) is 20.5 Å². The number of aliphatic hydroxyl groups excluding tert-OH is 1. The number of amides is 2. The summed E-state index contributed by atoms with van der Waals surface area (Å²) in [6.45, 7) is 1.44. The molecule has 9 heteroatoms. The molecule has 1 saturated carbocycles. The fourth-order valence-corrected chi connectivity index (χ4v) is 6.30. The zero-order chi connectivity index (χ0) is 23.8. The van der Waals surface area contributed by atoms with Crippen LogP contribution in [0.3, 0.4) is 0 Å². The number of ether oxygens (including phenoxy) is 1. The van der Waals surface area contributed by atoms with Crippen molar-refractivity contribution in [2.24, 2.45) is 17.8 Å². The van der Waals surface area contributed by atoms with Gasteiger partial charge in [0, 0.05) is 29.7 Å². The quantitative estimate of drug-likeness (QED) is 0.483. The third-order valence-electron chi connectivity index (χ3n) is 7.93. The van der Waals surface area contributed by atoms with Crippen molar-refractivity contribution in [3.8, 4) is 0 Å². The normalized spacial score (nSPS) is 28.4. The van der Waals surface area contributed by atoms with Gasteiger partial charge in [-0.1, -0.05) is 18.2 Å². The van der Waals surface area contributed by atoms with E-state index in [4.69, 9.17) is 0 Å². The molecule has 4 N–H and O–H groups in total. The summed E-state index contributed by atoms with van der Waals surface area (Å²) in [4.78, 5) is 42.5. The molecule has 2 aromatic rings. The van der Waals surface area contributed by atoms with Crippen molar-refractivity contribution in [2.75, 3.05) is 33.3 Å². The van der Waals surface area contributed by atoms with Crippen molar-refractivity contribution in [3.05, 3.63) is 35.5 Å². The lowest BCUT2D eigenvalue weighted by molar-refractivity contribution is -0.141.